The monoisotopic (exact) mass is 444 g/mol. The van der Waals surface area contributed by atoms with Crippen LogP contribution in [0.3, 0.4) is 0 Å². The number of nitrogens with zero attached hydrogens (tertiary/aromatic N) is 2. The van der Waals surface area contributed by atoms with Gasteiger partial charge >= 0.3 is 0 Å². The summed E-state index contributed by atoms with van der Waals surface area (Å²) in [6.07, 6.45) is 3.35. The Labute approximate surface area is 159 Å². The number of nitrogens with one attached hydrogen (secondary N) is 2. The van der Waals surface area contributed by atoms with Crippen LogP contribution in [0.1, 0.15) is 33.1 Å². The normalized spacial score (nSPS) is 11.4. The van der Waals surface area contributed by atoms with Gasteiger partial charge in [-0.2, -0.15) is 0 Å². The predicted molar refractivity (Wildman–Crippen MR) is 109 cm³/mol. The molecule has 0 aliphatic heterocycles. The van der Waals surface area contributed by atoms with E-state index in [1.165, 1.54) is 13.0 Å². The van der Waals surface area contributed by atoms with Crippen LogP contribution in [-0.2, 0) is 9.47 Å². The van der Waals surface area contributed by atoms with Gasteiger partial charge in [-0.25, -0.2) is 0 Å². The standard InChI is InChI=1S/C16H36N4O2.HI/c1-5-20(6-2)12-8-7-10-18-16(17-3)19-11-9-13-22-15-14-21-4;/h5-15H2,1-4H3,(H2,17,18,19);1H. The number of guanidine groups is 1. The van der Waals surface area contributed by atoms with Crippen molar-refractivity contribution in [2.75, 3.05) is 66.7 Å². The molecule has 0 aliphatic carbocycles. The molecule has 0 saturated heterocycles. The molecule has 7 heteroatoms. The van der Waals surface area contributed by atoms with Crippen LogP contribution in [0, 0.1) is 0 Å². The summed E-state index contributed by atoms with van der Waals surface area (Å²) in [4.78, 5) is 6.68. The van der Waals surface area contributed by atoms with Crippen LogP contribution < -0.4 is 10.6 Å². The molecule has 0 aromatic heterocycles. The number of aliphatic imine (C=N–C) groups is 1. The Balaban J connectivity index is 0. The molecule has 0 aromatic rings. The molecule has 0 fully saturated rings. The van der Waals surface area contributed by atoms with Crippen LogP contribution in [-0.4, -0.2) is 77.6 Å². The maximum Gasteiger partial charge on any atom is 0.190 e. The van der Waals surface area contributed by atoms with Gasteiger partial charge in [0.25, 0.3) is 0 Å². The first-order valence-corrected chi connectivity index (χ1v) is 8.52. The van der Waals surface area contributed by atoms with E-state index in [2.05, 4.69) is 34.4 Å². The number of halogens is 1. The van der Waals surface area contributed by atoms with Crippen LogP contribution in [0.4, 0.5) is 0 Å². The van der Waals surface area contributed by atoms with E-state index in [9.17, 15) is 0 Å². The summed E-state index contributed by atoms with van der Waals surface area (Å²) in [5.41, 5.74) is 0. The van der Waals surface area contributed by atoms with Crippen molar-refractivity contribution in [1.82, 2.24) is 15.5 Å². The molecule has 0 atom stereocenters. The summed E-state index contributed by atoms with van der Waals surface area (Å²) in [5, 5.41) is 6.65. The smallest absolute Gasteiger partial charge is 0.190 e. The third-order valence-corrected chi connectivity index (χ3v) is 3.50. The number of methoxy groups -OCH3 is 1. The first-order valence-electron chi connectivity index (χ1n) is 8.52. The van der Waals surface area contributed by atoms with Gasteiger partial charge in [-0.05, 0) is 38.9 Å². The molecule has 6 nitrogen and oxygen atoms in total. The van der Waals surface area contributed by atoms with Crippen LogP contribution in [0.2, 0.25) is 0 Å². The number of rotatable bonds is 14. The lowest BCUT2D eigenvalue weighted by Gasteiger charge is -2.18. The van der Waals surface area contributed by atoms with E-state index in [-0.39, 0.29) is 24.0 Å². The highest BCUT2D eigenvalue weighted by Crippen LogP contribution is 1.93. The van der Waals surface area contributed by atoms with Crippen molar-refractivity contribution in [3.63, 3.8) is 0 Å². The van der Waals surface area contributed by atoms with Crippen molar-refractivity contribution >= 4 is 29.9 Å². The molecule has 2 N–H and O–H groups in total. The van der Waals surface area contributed by atoms with Crippen LogP contribution >= 0.6 is 24.0 Å². The zero-order valence-corrected chi connectivity index (χ0v) is 17.7. The van der Waals surface area contributed by atoms with Gasteiger partial charge in [0.05, 0.1) is 13.2 Å². The molecular formula is C16H37IN4O2. The van der Waals surface area contributed by atoms with Crippen molar-refractivity contribution < 1.29 is 9.47 Å². The van der Waals surface area contributed by atoms with Gasteiger partial charge in [0.2, 0.25) is 0 Å². The van der Waals surface area contributed by atoms with Gasteiger partial charge in [-0.1, -0.05) is 13.8 Å². The lowest BCUT2D eigenvalue weighted by Crippen LogP contribution is -2.38. The van der Waals surface area contributed by atoms with Crippen molar-refractivity contribution in [1.29, 1.82) is 0 Å². The van der Waals surface area contributed by atoms with Crippen molar-refractivity contribution in [2.45, 2.75) is 33.1 Å². The van der Waals surface area contributed by atoms with Crippen LogP contribution in [0.15, 0.2) is 4.99 Å². The maximum absolute atomic E-state index is 5.42. The Morgan fingerprint density at radius 1 is 0.957 bits per heavy atom. The quantitative estimate of drug-likeness (QED) is 0.186. The van der Waals surface area contributed by atoms with E-state index in [1.54, 1.807) is 14.2 Å². The lowest BCUT2D eigenvalue weighted by atomic mass is 10.3. The fraction of sp³-hybridized carbons (Fsp3) is 0.938. The summed E-state index contributed by atoms with van der Waals surface area (Å²) in [6.45, 7) is 11.8. The van der Waals surface area contributed by atoms with Gasteiger partial charge < -0.3 is 25.0 Å². The van der Waals surface area contributed by atoms with E-state index in [4.69, 9.17) is 9.47 Å². The highest BCUT2D eigenvalue weighted by Gasteiger charge is 1.99. The Morgan fingerprint density at radius 2 is 1.61 bits per heavy atom. The Hall–Kier alpha value is -0.120. The molecule has 140 valence electrons. The van der Waals surface area contributed by atoms with Crippen molar-refractivity contribution in [3.8, 4) is 0 Å². The molecule has 0 heterocycles. The van der Waals surface area contributed by atoms with E-state index in [0.29, 0.717) is 13.2 Å². The second-order valence-corrected chi connectivity index (χ2v) is 5.12. The van der Waals surface area contributed by atoms with Crippen molar-refractivity contribution in [2.24, 2.45) is 4.99 Å². The molecule has 23 heavy (non-hydrogen) atoms. The summed E-state index contributed by atoms with van der Waals surface area (Å²) in [5.74, 6) is 0.875. The summed E-state index contributed by atoms with van der Waals surface area (Å²) in [6, 6.07) is 0. The minimum Gasteiger partial charge on any atom is -0.382 e. The molecule has 0 bridgehead atoms. The fourth-order valence-electron chi connectivity index (χ4n) is 2.05. The van der Waals surface area contributed by atoms with E-state index < -0.39 is 0 Å². The van der Waals surface area contributed by atoms with E-state index >= 15 is 0 Å². The summed E-state index contributed by atoms with van der Waals surface area (Å²) >= 11 is 0. The Kier molecular flexibility index (Phi) is 21.8. The third kappa shape index (κ3) is 16.5. The first-order chi connectivity index (χ1) is 10.8. The average molecular weight is 444 g/mol. The minimum atomic E-state index is 0. The number of ether oxygens (including phenoxy) is 2. The molecule has 0 amide bonds. The predicted octanol–water partition coefficient (Wildman–Crippen LogP) is 1.94. The van der Waals surface area contributed by atoms with Crippen LogP contribution in [0.5, 0.6) is 0 Å². The zero-order valence-electron chi connectivity index (χ0n) is 15.4. The fourth-order valence-corrected chi connectivity index (χ4v) is 2.05. The molecule has 0 radical (unpaired) electrons. The largest absolute Gasteiger partial charge is 0.382 e. The molecule has 0 spiro atoms. The second kappa shape index (κ2) is 19.9. The molecule has 0 rings (SSSR count). The third-order valence-electron chi connectivity index (χ3n) is 3.50. The van der Waals surface area contributed by atoms with Gasteiger partial charge in [-0.3, -0.25) is 4.99 Å². The van der Waals surface area contributed by atoms with E-state index in [0.717, 1.165) is 51.6 Å². The van der Waals surface area contributed by atoms with Crippen molar-refractivity contribution in [3.05, 3.63) is 0 Å². The Bertz CT molecular complexity index is 264. The average Bonchev–Trinajstić information content (AvgIpc) is 2.55. The molecule has 0 saturated carbocycles. The van der Waals surface area contributed by atoms with E-state index in [1.807, 2.05) is 0 Å². The highest BCUT2D eigenvalue weighted by molar-refractivity contribution is 14.0. The van der Waals surface area contributed by atoms with Crippen LogP contribution in [0.25, 0.3) is 0 Å². The SMILES string of the molecule is CCN(CC)CCCCNC(=NC)NCCCOCCOC.I. The van der Waals surface area contributed by atoms with Gasteiger partial charge in [0.15, 0.2) is 5.96 Å². The molecule has 0 unspecified atom stereocenters. The first kappa shape index (κ1) is 25.1. The number of unbranched alkanes of at least 4 members (excludes halogenated alkanes) is 1. The molecular weight excluding hydrogens is 407 g/mol. The van der Waals surface area contributed by atoms with Gasteiger partial charge in [-0.15, -0.1) is 24.0 Å². The topological polar surface area (TPSA) is 58.1 Å². The van der Waals surface area contributed by atoms with Gasteiger partial charge in [0, 0.05) is 33.9 Å². The minimum absolute atomic E-state index is 0. The molecule has 0 aromatic carbocycles. The highest BCUT2D eigenvalue weighted by atomic mass is 127. The molecule has 0 aliphatic rings. The zero-order chi connectivity index (χ0) is 16.5. The summed E-state index contributed by atoms with van der Waals surface area (Å²) < 4.78 is 10.3. The van der Waals surface area contributed by atoms with Gasteiger partial charge in [0.1, 0.15) is 0 Å². The summed E-state index contributed by atoms with van der Waals surface area (Å²) in [7, 11) is 3.49. The number of hydrogen-bond acceptors (Lipinski definition) is 4. The second-order valence-electron chi connectivity index (χ2n) is 5.12. The number of hydrogen-bond donors (Lipinski definition) is 2. The lowest BCUT2D eigenvalue weighted by molar-refractivity contribution is 0.0698. The Morgan fingerprint density at radius 3 is 2.17 bits per heavy atom. The maximum atomic E-state index is 5.42.